The molecule has 0 bridgehead atoms. The van der Waals surface area contributed by atoms with Gasteiger partial charge in [-0.25, -0.2) is 15.0 Å². The highest BCUT2D eigenvalue weighted by Gasteiger charge is 2.18. The predicted octanol–water partition coefficient (Wildman–Crippen LogP) is 28.6. The first-order valence-corrected chi connectivity index (χ1v) is 38.7. The molecule has 0 atom stereocenters. The quantitative estimate of drug-likeness (QED) is 0.155. The lowest BCUT2D eigenvalue weighted by molar-refractivity contribution is 0.460. The normalized spacial score (nSPS) is 11.4. The van der Waals surface area contributed by atoms with Gasteiger partial charge in [0.25, 0.3) is 0 Å². The monoisotopic (exact) mass is 1450 g/mol. The Balaban J connectivity index is 0.0000000974. The van der Waals surface area contributed by atoms with E-state index in [1.165, 1.54) is 124 Å². The number of aromatic nitrogens is 3. The number of fused-ring (bicyclic) bond motifs is 16. The van der Waals surface area contributed by atoms with Crippen molar-refractivity contribution in [3.05, 3.63) is 440 Å². The number of hydrogen-bond donors (Lipinski definition) is 0. The van der Waals surface area contributed by atoms with Gasteiger partial charge < -0.3 is 9.15 Å². The van der Waals surface area contributed by atoms with Crippen molar-refractivity contribution in [3.8, 4) is 79.0 Å². The van der Waals surface area contributed by atoms with Crippen LogP contribution in [0.15, 0.2) is 432 Å². The van der Waals surface area contributed by atoms with Crippen molar-refractivity contribution >= 4 is 87.2 Å². The van der Waals surface area contributed by atoms with Gasteiger partial charge in [-0.05, 0) is 154 Å². The zero-order valence-corrected chi connectivity index (χ0v) is 61.9. The molecule has 524 valence electrons. The maximum absolute atomic E-state index is 5.78. The molecule has 0 radical (unpaired) electrons. The molecular formula is C103H73N3O2S2. The van der Waals surface area contributed by atoms with Gasteiger partial charge in [0, 0.05) is 59.1 Å². The van der Waals surface area contributed by atoms with E-state index in [1.807, 2.05) is 144 Å². The van der Waals surface area contributed by atoms with E-state index in [-0.39, 0.29) is 0 Å². The highest BCUT2D eigenvalue weighted by molar-refractivity contribution is 7.99. The number of benzene rings is 17. The Labute approximate surface area is 648 Å². The molecule has 5 heterocycles. The van der Waals surface area contributed by atoms with E-state index >= 15 is 0 Å². The van der Waals surface area contributed by atoms with Crippen molar-refractivity contribution in [2.45, 2.75) is 22.6 Å². The fourth-order valence-corrected chi connectivity index (χ4v) is 16.4. The zero-order chi connectivity index (χ0) is 73.6. The third-order valence-electron chi connectivity index (χ3n) is 19.8. The zero-order valence-electron chi connectivity index (χ0n) is 60.2. The van der Waals surface area contributed by atoms with Gasteiger partial charge in [0.1, 0.15) is 17.1 Å². The SMILES string of the molecule is c1ccc(-c2cc(-c3ccccc3)cc(-c3ccccc3)c2)cc1.c1ccc(-c2nc(-c3ccccc3)nc(-c3ccccc3)n2)cc1.c1ccc2c(c1)Cc1ccccc1O2.c1ccc2c(c1)Cc1ccccc1S2.c1ccc2c(c1)c1ccccc1c1occc21.c1ccc2c(c1)c1ccccc1c1sccc21. The molecule has 2 aliphatic rings. The number of furan rings is 1. The lowest BCUT2D eigenvalue weighted by Crippen LogP contribution is -2.01. The minimum Gasteiger partial charge on any atom is -0.464 e. The van der Waals surface area contributed by atoms with E-state index in [0.29, 0.717) is 17.5 Å². The highest BCUT2D eigenvalue weighted by atomic mass is 32.2. The van der Waals surface area contributed by atoms with E-state index in [9.17, 15) is 0 Å². The second kappa shape index (κ2) is 33.1. The number of ether oxygens (including phenoxy) is 1. The molecule has 0 spiro atoms. The van der Waals surface area contributed by atoms with Crippen LogP contribution in [-0.2, 0) is 12.8 Å². The first-order chi connectivity index (χ1) is 54.6. The summed E-state index contributed by atoms with van der Waals surface area (Å²) in [6.45, 7) is 0. The highest BCUT2D eigenvalue weighted by Crippen LogP contribution is 2.42. The molecule has 0 amide bonds. The van der Waals surface area contributed by atoms with Gasteiger partial charge in [-0.3, -0.25) is 0 Å². The van der Waals surface area contributed by atoms with Gasteiger partial charge in [-0.1, -0.05) is 364 Å². The van der Waals surface area contributed by atoms with Crippen molar-refractivity contribution < 1.29 is 9.15 Å². The van der Waals surface area contributed by atoms with Crippen molar-refractivity contribution in [1.29, 1.82) is 0 Å². The molecule has 0 aliphatic carbocycles. The maximum atomic E-state index is 5.78. The van der Waals surface area contributed by atoms with E-state index in [1.54, 1.807) is 6.26 Å². The Morgan fingerprint density at radius 1 is 0.227 bits per heavy atom. The molecule has 0 unspecified atom stereocenters. The topological polar surface area (TPSA) is 61.0 Å². The summed E-state index contributed by atoms with van der Waals surface area (Å²) in [4.78, 5) is 16.8. The van der Waals surface area contributed by atoms with Crippen LogP contribution in [0, 0.1) is 0 Å². The fraction of sp³-hybridized carbons (Fsp3) is 0.0194. The van der Waals surface area contributed by atoms with E-state index in [2.05, 4.69) is 305 Å². The second-order valence-electron chi connectivity index (χ2n) is 26.8. The summed E-state index contributed by atoms with van der Waals surface area (Å²) in [5.41, 5.74) is 16.8. The van der Waals surface area contributed by atoms with Gasteiger partial charge in [0.05, 0.1) is 6.26 Å². The van der Waals surface area contributed by atoms with E-state index in [0.717, 1.165) is 46.6 Å². The third kappa shape index (κ3) is 15.5. The number of para-hydroxylation sites is 2. The van der Waals surface area contributed by atoms with Crippen LogP contribution in [0.3, 0.4) is 0 Å². The molecule has 0 fully saturated rings. The van der Waals surface area contributed by atoms with E-state index < -0.39 is 0 Å². The van der Waals surface area contributed by atoms with Crippen LogP contribution in [-0.4, -0.2) is 15.0 Å². The summed E-state index contributed by atoms with van der Waals surface area (Å²) in [6, 6.07) is 141. The molecule has 0 saturated carbocycles. The molecule has 5 nitrogen and oxygen atoms in total. The van der Waals surface area contributed by atoms with Crippen molar-refractivity contribution in [2.24, 2.45) is 0 Å². The van der Waals surface area contributed by atoms with Gasteiger partial charge in [0.2, 0.25) is 0 Å². The fourth-order valence-electron chi connectivity index (χ4n) is 14.4. The van der Waals surface area contributed by atoms with Gasteiger partial charge in [-0.15, -0.1) is 11.3 Å². The van der Waals surface area contributed by atoms with Crippen LogP contribution in [0.4, 0.5) is 0 Å². The molecule has 17 aromatic carbocycles. The summed E-state index contributed by atoms with van der Waals surface area (Å²) < 4.78 is 12.8. The van der Waals surface area contributed by atoms with Gasteiger partial charge in [-0.2, -0.15) is 0 Å². The van der Waals surface area contributed by atoms with Crippen LogP contribution >= 0.6 is 23.1 Å². The molecule has 3 aromatic heterocycles. The Morgan fingerprint density at radius 3 is 0.909 bits per heavy atom. The average molecular weight is 1450 g/mol. The average Bonchev–Trinajstić information content (AvgIpc) is 1.49. The largest absolute Gasteiger partial charge is 0.464 e. The molecule has 7 heteroatoms. The molecule has 0 N–H and O–H groups in total. The van der Waals surface area contributed by atoms with Gasteiger partial charge >= 0.3 is 0 Å². The standard InChI is InChI=1S/C24H18.C21H15N3.C16H10O.C16H10S.C13H10O.C13H10S/c1-4-10-19(11-5-1)22-16-23(20-12-6-2-7-13-20)18-24(17-22)21-14-8-3-9-15-21;1-4-10-16(11-5-1)19-22-20(17-12-6-2-7-13-17)24-21(23-19)18-14-8-3-9-15-18;2*1-2-7-13-11(5-1)12-6-3-4-8-14(12)16-15(13)9-10-17-16;2*1-3-7-12-10(5-1)9-11-6-2-4-8-13(11)14-12/h1-18H;1-15H;2*1-10H;2*1-8H,9H2. The predicted molar refractivity (Wildman–Crippen MR) is 463 cm³/mol. The summed E-state index contributed by atoms with van der Waals surface area (Å²) in [5, 5.41) is 15.2. The van der Waals surface area contributed by atoms with Crippen molar-refractivity contribution in [3.63, 3.8) is 0 Å². The number of hydrogen-bond acceptors (Lipinski definition) is 7. The molecule has 110 heavy (non-hydrogen) atoms. The molecular weight excluding hydrogens is 1380 g/mol. The summed E-state index contributed by atoms with van der Waals surface area (Å²) in [5.74, 6) is 4.03. The van der Waals surface area contributed by atoms with Crippen LogP contribution in [0.25, 0.3) is 132 Å². The molecule has 22 rings (SSSR count). The third-order valence-corrected chi connectivity index (χ3v) is 22.0. The Hall–Kier alpha value is -13.6. The number of rotatable bonds is 6. The molecule has 0 saturated heterocycles. The first kappa shape index (κ1) is 69.5. The molecule has 20 aromatic rings. The minimum atomic E-state index is 0.684. The van der Waals surface area contributed by atoms with Gasteiger partial charge in [0.15, 0.2) is 17.5 Å². The van der Waals surface area contributed by atoms with Crippen molar-refractivity contribution in [2.75, 3.05) is 0 Å². The van der Waals surface area contributed by atoms with Crippen LogP contribution in [0.2, 0.25) is 0 Å². The Bertz CT molecular complexity index is 5540. The lowest BCUT2D eigenvalue weighted by Gasteiger charge is -2.19. The van der Waals surface area contributed by atoms with Crippen molar-refractivity contribution in [1.82, 2.24) is 15.0 Å². The number of thiophene rings is 1. The summed E-state index contributed by atoms with van der Waals surface area (Å²) in [6.07, 6.45) is 3.83. The van der Waals surface area contributed by atoms with Crippen LogP contribution < -0.4 is 4.74 Å². The maximum Gasteiger partial charge on any atom is 0.164 e. The smallest absolute Gasteiger partial charge is 0.164 e. The second-order valence-corrected chi connectivity index (χ2v) is 28.8. The number of nitrogens with zero attached hydrogens (tertiary/aromatic N) is 3. The lowest BCUT2D eigenvalue weighted by atomic mass is 9.93. The summed E-state index contributed by atoms with van der Waals surface area (Å²) >= 11 is 3.71. The Morgan fingerprint density at radius 2 is 0.509 bits per heavy atom. The van der Waals surface area contributed by atoms with Crippen LogP contribution in [0.1, 0.15) is 22.3 Å². The molecule has 2 aliphatic heterocycles. The first-order valence-electron chi connectivity index (χ1n) is 37.0. The Kier molecular flexibility index (Phi) is 20.9. The van der Waals surface area contributed by atoms with E-state index in [4.69, 9.17) is 9.15 Å². The van der Waals surface area contributed by atoms with Crippen LogP contribution in [0.5, 0.6) is 11.5 Å². The minimum absolute atomic E-state index is 0.684. The summed E-state index contributed by atoms with van der Waals surface area (Å²) in [7, 11) is 0.